The predicted octanol–water partition coefficient (Wildman–Crippen LogP) is 2.91. The number of guanidine groups is 1. The Hall–Kier alpha value is -2.34. The van der Waals surface area contributed by atoms with Crippen LogP contribution in [0.1, 0.15) is 30.5 Å². The summed E-state index contributed by atoms with van der Waals surface area (Å²) in [5.74, 6) is 0.741. The minimum absolute atomic E-state index is 0.325. The van der Waals surface area contributed by atoms with Crippen molar-refractivity contribution in [2.75, 3.05) is 12.8 Å². The molecule has 0 amide bonds. The van der Waals surface area contributed by atoms with Crippen LogP contribution >= 0.6 is 0 Å². The average Bonchev–Trinajstić information content (AvgIpc) is 2.64. The van der Waals surface area contributed by atoms with Crippen molar-refractivity contribution in [2.45, 2.75) is 38.3 Å². The van der Waals surface area contributed by atoms with E-state index in [9.17, 15) is 8.42 Å². The zero-order valence-corrected chi connectivity index (χ0v) is 16.4. The molecule has 0 heterocycles. The second-order valence-corrected chi connectivity index (χ2v) is 8.10. The molecule has 0 aliphatic rings. The number of aliphatic imine (C=N–C) groups is 1. The van der Waals surface area contributed by atoms with E-state index in [2.05, 4.69) is 40.7 Å². The first-order chi connectivity index (χ1) is 12.4. The minimum Gasteiger partial charge on any atom is -0.357 e. The zero-order chi connectivity index (χ0) is 19.0. The van der Waals surface area contributed by atoms with Crippen molar-refractivity contribution < 1.29 is 8.42 Å². The predicted molar refractivity (Wildman–Crippen MR) is 107 cm³/mol. The van der Waals surface area contributed by atoms with Gasteiger partial charge in [-0.3, -0.25) is 0 Å². The number of sulfone groups is 1. The maximum atomic E-state index is 11.5. The molecule has 6 heteroatoms. The first-order valence-corrected chi connectivity index (χ1v) is 10.7. The number of nitrogens with one attached hydrogen (secondary N) is 2. The fourth-order valence-corrected chi connectivity index (χ4v) is 3.24. The Labute approximate surface area is 156 Å². The van der Waals surface area contributed by atoms with Crippen LogP contribution in [0.3, 0.4) is 0 Å². The molecule has 26 heavy (non-hydrogen) atoms. The summed E-state index contributed by atoms with van der Waals surface area (Å²) >= 11 is 0. The van der Waals surface area contributed by atoms with Gasteiger partial charge in [0.15, 0.2) is 15.8 Å². The summed E-state index contributed by atoms with van der Waals surface area (Å²) in [6.07, 6.45) is 2.21. The molecule has 0 saturated carbocycles. The van der Waals surface area contributed by atoms with E-state index in [1.165, 1.54) is 17.4 Å². The van der Waals surface area contributed by atoms with Crippen molar-refractivity contribution in [1.82, 2.24) is 10.6 Å². The number of hydrogen-bond donors (Lipinski definition) is 2. The van der Waals surface area contributed by atoms with Gasteiger partial charge in [0.2, 0.25) is 0 Å². The molecule has 0 fully saturated rings. The van der Waals surface area contributed by atoms with Gasteiger partial charge in [0, 0.05) is 19.3 Å². The summed E-state index contributed by atoms with van der Waals surface area (Å²) in [6, 6.07) is 15.2. The molecular weight excluding hydrogens is 346 g/mol. The van der Waals surface area contributed by atoms with Crippen LogP contribution in [0.25, 0.3) is 0 Å². The quantitative estimate of drug-likeness (QED) is 0.578. The van der Waals surface area contributed by atoms with Crippen LogP contribution < -0.4 is 10.6 Å². The Bertz CT molecular complexity index is 844. The highest BCUT2D eigenvalue weighted by Crippen LogP contribution is 2.11. The lowest BCUT2D eigenvalue weighted by atomic mass is 10.1. The maximum Gasteiger partial charge on any atom is 0.191 e. The Kier molecular flexibility index (Phi) is 7.21. The van der Waals surface area contributed by atoms with E-state index < -0.39 is 9.84 Å². The zero-order valence-electron chi connectivity index (χ0n) is 15.6. The molecule has 0 atom stereocenters. The normalized spacial score (nSPS) is 12.0. The second-order valence-electron chi connectivity index (χ2n) is 6.09. The fourth-order valence-electron chi connectivity index (χ4n) is 2.61. The smallest absolute Gasteiger partial charge is 0.191 e. The summed E-state index contributed by atoms with van der Waals surface area (Å²) in [7, 11) is -3.17. The van der Waals surface area contributed by atoms with Gasteiger partial charge in [0.25, 0.3) is 0 Å². The third kappa shape index (κ3) is 5.88. The topological polar surface area (TPSA) is 70.6 Å². The van der Waals surface area contributed by atoms with Crippen molar-refractivity contribution >= 4 is 15.8 Å². The third-order valence-electron chi connectivity index (χ3n) is 4.06. The molecule has 2 aromatic carbocycles. The summed E-state index contributed by atoms with van der Waals surface area (Å²) < 4.78 is 23.0. The van der Waals surface area contributed by atoms with E-state index in [-0.39, 0.29) is 0 Å². The summed E-state index contributed by atoms with van der Waals surface area (Å²) in [5.41, 5.74) is 3.55. The van der Waals surface area contributed by atoms with E-state index in [0.29, 0.717) is 18.0 Å². The number of rotatable bonds is 7. The molecule has 0 bridgehead atoms. The van der Waals surface area contributed by atoms with Crippen LogP contribution in [0.2, 0.25) is 0 Å². The van der Waals surface area contributed by atoms with Gasteiger partial charge in [-0.05, 0) is 42.2 Å². The van der Waals surface area contributed by atoms with Gasteiger partial charge in [-0.2, -0.15) is 0 Å². The van der Waals surface area contributed by atoms with Crippen molar-refractivity contribution in [3.8, 4) is 0 Å². The largest absolute Gasteiger partial charge is 0.357 e. The first-order valence-electron chi connectivity index (χ1n) is 8.82. The fraction of sp³-hybridized carbons (Fsp3) is 0.350. The molecule has 0 spiro atoms. The van der Waals surface area contributed by atoms with E-state index in [1.54, 1.807) is 24.3 Å². The van der Waals surface area contributed by atoms with Crippen molar-refractivity contribution in [1.29, 1.82) is 0 Å². The van der Waals surface area contributed by atoms with Gasteiger partial charge < -0.3 is 10.6 Å². The molecule has 0 radical (unpaired) electrons. The lowest BCUT2D eigenvalue weighted by molar-refractivity contribution is 0.602. The standard InChI is InChI=1S/C20H27N3O2S/c1-4-17-8-6-7-9-18(17)15-23-20(21-5-2)22-14-16-10-12-19(13-11-16)26(3,24)25/h6-13H,4-5,14-15H2,1-3H3,(H2,21,22,23). The molecular formula is C20H27N3O2S. The van der Waals surface area contributed by atoms with Crippen LogP contribution in [-0.4, -0.2) is 27.2 Å². The first kappa shape index (κ1) is 20.0. The molecule has 2 N–H and O–H groups in total. The van der Waals surface area contributed by atoms with Gasteiger partial charge in [-0.1, -0.05) is 43.3 Å². The second kappa shape index (κ2) is 9.38. The van der Waals surface area contributed by atoms with Gasteiger partial charge in [-0.25, -0.2) is 13.4 Å². The number of benzene rings is 2. The summed E-state index contributed by atoms with van der Waals surface area (Å²) in [4.78, 5) is 4.92. The lowest BCUT2D eigenvalue weighted by Gasteiger charge is -2.13. The monoisotopic (exact) mass is 373 g/mol. The highest BCUT2D eigenvalue weighted by Gasteiger charge is 2.06. The van der Waals surface area contributed by atoms with E-state index in [1.807, 2.05) is 13.0 Å². The average molecular weight is 374 g/mol. The summed E-state index contributed by atoms with van der Waals surface area (Å²) in [5, 5.41) is 6.60. The van der Waals surface area contributed by atoms with Crippen LogP contribution in [0, 0.1) is 0 Å². The Morgan fingerprint density at radius 1 is 0.962 bits per heavy atom. The molecule has 140 valence electrons. The Morgan fingerprint density at radius 3 is 2.19 bits per heavy atom. The van der Waals surface area contributed by atoms with Crippen LogP contribution in [0.15, 0.2) is 58.4 Å². The highest BCUT2D eigenvalue weighted by molar-refractivity contribution is 7.90. The van der Waals surface area contributed by atoms with Crippen molar-refractivity contribution in [3.05, 3.63) is 65.2 Å². The number of aryl methyl sites for hydroxylation is 1. The van der Waals surface area contributed by atoms with E-state index in [0.717, 1.165) is 24.5 Å². The number of nitrogens with zero attached hydrogens (tertiary/aromatic N) is 1. The van der Waals surface area contributed by atoms with Gasteiger partial charge in [0.1, 0.15) is 0 Å². The molecule has 0 aliphatic heterocycles. The molecule has 2 rings (SSSR count). The van der Waals surface area contributed by atoms with Crippen LogP contribution in [-0.2, 0) is 29.3 Å². The van der Waals surface area contributed by atoms with Crippen molar-refractivity contribution in [3.63, 3.8) is 0 Å². The molecule has 2 aromatic rings. The molecule has 0 aromatic heterocycles. The molecule has 0 aliphatic carbocycles. The minimum atomic E-state index is -3.17. The molecule has 0 unspecified atom stereocenters. The lowest BCUT2D eigenvalue weighted by Crippen LogP contribution is -2.37. The highest BCUT2D eigenvalue weighted by atomic mass is 32.2. The van der Waals surface area contributed by atoms with Crippen LogP contribution in [0.4, 0.5) is 0 Å². The van der Waals surface area contributed by atoms with Crippen LogP contribution in [0.5, 0.6) is 0 Å². The third-order valence-corrected chi connectivity index (χ3v) is 5.19. The number of hydrogen-bond acceptors (Lipinski definition) is 3. The SMILES string of the molecule is CCNC(=NCc1ccc(S(C)(=O)=O)cc1)NCc1ccccc1CC. The Balaban J connectivity index is 2.04. The maximum absolute atomic E-state index is 11.5. The van der Waals surface area contributed by atoms with Gasteiger partial charge in [-0.15, -0.1) is 0 Å². The summed E-state index contributed by atoms with van der Waals surface area (Å²) in [6.45, 7) is 6.14. The van der Waals surface area contributed by atoms with E-state index >= 15 is 0 Å². The van der Waals surface area contributed by atoms with Crippen molar-refractivity contribution in [2.24, 2.45) is 4.99 Å². The molecule has 5 nitrogen and oxygen atoms in total. The molecule has 0 saturated heterocycles. The van der Waals surface area contributed by atoms with Gasteiger partial charge in [0.05, 0.1) is 11.4 Å². The Morgan fingerprint density at radius 2 is 1.62 bits per heavy atom. The van der Waals surface area contributed by atoms with E-state index in [4.69, 9.17) is 0 Å². The van der Waals surface area contributed by atoms with Gasteiger partial charge >= 0.3 is 0 Å².